The minimum Gasteiger partial charge on any atom is -0.323 e. The summed E-state index contributed by atoms with van der Waals surface area (Å²) < 4.78 is 15.4. The normalized spacial score (nSPS) is 12.0. The number of nitrogens with one attached hydrogen (secondary N) is 1. The number of nitrogens with zero attached hydrogens (tertiary/aromatic N) is 3. The summed E-state index contributed by atoms with van der Waals surface area (Å²) in [7, 11) is 1.81. The largest absolute Gasteiger partial charge is 0.323 e. The number of anilines is 1. The maximum absolute atomic E-state index is 13.7. The monoisotopic (exact) mass is 390 g/mol. The summed E-state index contributed by atoms with van der Waals surface area (Å²) in [5.41, 5.74) is 0.916. The fraction of sp³-hybridized carbons (Fsp3) is 0.167. The lowest BCUT2D eigenvalue weighted by Gasteiger charge is -2.12. The fourth-order valence-electron chi connectivity index (χ4n) is 2.30. The number of aromatic nitrogens is 3. The van der Waals surface area contributed by atoms with Crippen LogP contribution in [0.5, 0.6) is 0 Å². The van der Waals surface area contributed by atoms with Gasteiger partial charge in [0.25, 0.3) is 0 Å². The molecule has 134 valence electrons. The summed E-state index contributed by atoms with van der Waals surface area (Å²) in [6.45, 7) is 1.73. The van der Waals surface area contributed by atoms with Gasteiger partial charge in [-0.1, -0.05) is 47.6 Å². The molecule has 0 fully saturated rings. The summed E-state index contributed by atoms with van der Waals surface area (Å²) >= 11 is 7.45. The molecule has 8 heteroatoms. The van der Waals surface area contributed by atoms with Gasteiger partial charge in [-0.05, 0) is 31.2 Å². The second kappa shape index (κ2) is 7.88. The summed E-state index contributed by atoms with van der Waals surface area (Å²) in [5, 5.41) is 11.6. The molecular formula is C18H16ClFN4OS. The Morgan fingerprint density at radius 3 is 2.62 bits per heavy atom. The smallest absolute Gasteiger partial charge is 0.237 e. The van der Waals surface area contributed by atoms with Crippen molar-refractivity contribution in [3.05, 3.63) is 59.4 Å². The SMILES string of the molecule is C[C@H](Sc1nnc(-c2ccccc2Cl)n1C)C(=O)Nc1ccccc1F. The summed E-state index contributed by atoms with van der Waals surface area (Å²) in [6, 6.07) is 13.4. The highest BCUT2D eigenvalue weighted by Crippen LogP contribution is 2.30. The number of carbonyl (C=O) groups is 1. The van der Waals surface area contributed by atoms with Gasteiger partial charge in [0, 0.05) is 12.6 Å². The molecule has 26 heavy (non-hydrogen) atoms. The fourth-order valence-corrected chi connectivity index (χ4v) is 3.34. The number of para-hydroxylation sites is 1. The predicted octanol–water partition coefficient (Wildman–Crippen LogP) is 4.39. The van der Waals surface area contributed by atoms with E-state index in [2.05, 4.69) is 15.5 Å². The summed E-state index contributed by atoms with van der Waals surface area (Å²) in [5.74, 6) is -0.181. The first-order valence-corrected chi connectivity index (χ1v) is 9.09. The van der Waals surface area contributed by atoms with Crippen LogP contribution in [0.15, 0.2) is 53.7 Å². The van der Waals surface area contributed by atoms with E-state index in [-0.39, 0.29) is 11.6 Å². The van der Waals surface area contributed by atoms with Crippen molar-refractivity contribution < 1.29 is 9.18 Å². The molecule has 0 aliphatic carbocycles. The van der Waals surface area contributed by atoms with E-state index >= 15 is 0 Å². The first-order chi connectivity index (χ1) is 12.5. The van der Waals surface area contributed by atoms with Crippen LogP contribution in [0, 0.1) is 5.82 Å². The highest BCUT2D eigenvalue weighted by molar-refractivity contribution is 8.00. The van der Waals surface area contributed by atoms with Crippen molar-refractivity contribution in [1.29, 1.82) is 0 Å². The second-order valence-electron chi connectivity index (χ2n) is 5.57. The Hall–Kier alpha value is -2.38. The van der Waals surface area contributed by atoms with E-state index in [9.17, 15) is 9.18 Å². The van der Waals surface area contributed by atoms with Crippen LogP contribution in [-0.2, 0) is 11.8 Å². The van der Waals surface area contributed by atoms with Crippen molar-refractivity contribution >= 4 is 35.0 Å². The van der Waals surface area contributed by atoms with Crippen LogP contribution in [0.2, 0.25) is 5.02 Å². The molecule has 3 rings (SSSR count). The van der Waals surface area contributed by atoms with Gasteiger partial charge in [-0.15, -0.1) is 10.2 Å². The third-order valence-corrected chi connectivity index (χ3v) is 5.20. The Morgan fingerprint density at radius 1 is 1.19 bits per heavy atom. The highest BCUT2D eigenvalue weighted by atomic mass is 35.5. The van der Waals surface area contributed by atoms with E-state index in [0.717, 1.165) is 5.56 Å². The molecule has 3 aromatic rings. The molecule has 0 saturated heterocycles. The number of carbonyl (C=O) groups excluding carboxylic acids is 1. The lowest BCUT2D eigenvalue weighted by atomic mass is 10.2. The molecule has 2 aromatic carbocycles. The maximum atomic E-state index is 13.7. The number of benzene rings is 2. The van der Waals surface area contributed by atoms with Crippen LogP contribution in [-0.4, -0.2) is 25.9 Å². The molecule has 1 atom stereocenters. The van der Waals surface area contributed by atoms with E-state index in [1.165, 1.54) is 23.9 Å². The Balaban J connectivity index is 1.74. The number of thioether (sulfide) groups is 1. The van der Waals surface area contributed by atoms with Gasteiger partial charge in [0.15, 0.2) is 11.0 Å². The van der Waals surface area contributed by atoms with Crippen molar-refractivity contribution in [3.63, 3.8) is 0 Å². The molecule has 1 heterocycles. The van der Waals surface area contributed by atoms with Crippen LogP contribution >= 0.6 is 23.4 Å². The highest BCUT2D eigenvalue weighted by Gasteiger charge is 2.20. The first kappa shape index (κ1) is 18.4. The minimum atomic E-state index is -0.489. The first-order valence-electron chi connectivity index (χ1n) is 7.83. The van der Waals surface area contributed by atoms with E-state index in [0.29, 0.717) is 16.0 Å². The number of amides is 1. The zero-order valence-electron chi connectivity index (χ0n) is 14.1. The molecule has 0 spiro atoms. The summed E-state index contributed by atoms with van der Waals surface area (Å²) in [6.07, 6.45) is 0. The molecule has 1 N–H and O–H groups in total. The van der Waals surface area contributed by atoms with Crippen LogP contribution < -0.4 is 5.32 Å². The van der Waals surface area contributed by atoms with Crippen LogP contribution in [0.3, 0.4) is 0 Å². The molecule has 0 bridgehead atoms. The zero-order chi connectivity index (χ0) is 18.7. The van der Waals surface area contributed by atoms with E-state index in [4.69, 9.17) is 11.6 Å². The minimum absolute atomic E-state index is 0.152. The van der Waals surface area contributed by atoms with Gasteiger partial charge in [0.1, 0.15) is 5.82 Å². The van der Waals surface area contributed by atoms with Gasteiger partial charge in [-0.3, -0.25) is 4.79 Å². The van der Waals surface area contributed by atoms with Crippen molar-refractivity contribution in [2.75, 3.05) is 5.32 Å². The summed E-state index contributed by atoms with van der Waals surface area (Å²) in [4.78, 5) is 12.3. The predicted molar refractivity (Wildman–Crippen MR) is 102 cm³/mol. The van der Waals surface area contributed by atoms with Gasteiger partial charge >= 0.3 is 0 Å². The van der Waals surface area contributed by atoms with Crippen molar-refractivity contribution in [3.8, 4) is 11.4 Å². The topological polar surface area (TPSA) is 59.8 Å². The van der Waals surface area contributed by atoms with Gasteiger partial charge in [-0.2, -0.15) is 0 Å². The number of hydrogen-bond acceptors (Lipinski definition) is 4. The maximum Gasteiger partial charge on any atom is 0.237 e. The number of hydrogen-bond donors (Lipinski definition) is 1. The number of halogens is 2. The standard InChI is InChI=1S/C18H16ClFN4OS/c1-11(17(25)21-15-10-6-5-9-14(15)20)26-18-23-22-16(24(18)2)12-7-3-4-8-13(12)19/h3-11H,1-2H3,(H,21,25)/t11-/m0/s1. The molecule has 0 unspecified atom stereocenters. The van der Waals surface area contributed by atoms with Crippen LogP contribution in [0.4, 0.5) is 10.1 Å². The molecular weight excluding hydrogens is 375 g/mol. The Morgan fingerprint density at radius 2 is 1.88 bits per heavy atom. The van der Waals surface area contributed by atoms with Gasteiger partial charge in [0.2, 0.25) is 5.91 Å². The quantitative estimate of drug-likeness (QED) is 0.656. The Labute approximate surface area is 159 Å². The molecule has 1 aromatic heterocycles. The average Bonchev–Trinajstić information content (AvgIpc) is 2.98. The molecule has 5 nitrogen and oxygen atoms in total. The van der Waals surface area contributed by atoms with Crippen molar-refractivity contribution in [2.24, 2.45) is 7.05 Å². The van der Waals surface area contributed by atoms with Crippen molar-refractivity contribution in [2.45, 2.75) is 17.3 Å². The van der Waals surface area contributed by atoms with E-state index < -0.39 is 11.1 Å². The van der Waals surface area contributed by atoms with Gasteiger partial charge in [0.05, 0.1) is 16.0 Å². The average molecular weight is 391 g/mol. The second-order valence-corrected chi connectivity index (χ2v) is 7.29. The van der Waals surface area contributed by atoms with Crippen LogP contribution in [0.1, 0.15) is 6.92 Å². The molecule has 0 radical (unpaired) electrons. The van der Waals surface area contributed by atoms with Gasteiger partial charge < -0.3 is 9.88 Å². The van der Waals surface area contributed by atoms with Crippen LogP contribution in [0.25, 0.3) is 11.4 Å². The molecule has 0 aliphatic rings. The third-order valence-electron chi connectivity index (χ3n) is 3.73. The lowest BCUT2D eigenvalue weighted by molar-refractivity contribution is -0.115. The van der Waals surface area contributed by atoms with E-state index in [1.54, 1.807) is 29.7 Å². The molecule has 0 saturated carbocycles. The Bertz CT molecular complexity index is 946. The van der Waals surface area contributed by atoms with Crippen molar-refractivity contribution in [1.82, 2.24) is 14.8 Å². The van der Waals surface area contributed by atoms with Gasteiger partial charge in [-0.25, -0.2) is 4.39 Å². The van der Waals surface area contributed by atoms with E-state index in [1.807, 2.05) is 25.2 Å². The number of rotatable bonds is 5. The zero-order valence-corrected chi connectivity index (χ0v) is 15.7. The molecule has 0 aliphatic heterocycles. The molecule has 1 amide bonds. The lowest BCUT2D eigenvalue weighted by Crippen LogP contribution is -2.23. The third kappa shape index (κ3) is 3.89. The Kier molecular flexibility index (Phi) is 5.58.